The first kappa shape index (κ1) is 14.3. The first-order chi connectivity index (χ1) is 9.98. The van der Waals surface area contributed by atoms with E-state index in [1.54, 1.807) is 0 Å². The van der Waals surface area contributed by atoms with Gasteiger partial charge in [0.2, 0.25) is 0 Å². The van der Waals surface area contributed by atoms with Crippen LogP contribution in [0.25, 0.3) is 10.6 Å². The number of hydrogen-bond donors (Lipinski definition) is 0. The van der Waals surface area contributed by atoms with E-state index in [2.05, 4.69) is 13.8 Å². The van der Waals surface area contributed by atoms with Crippen LogP contribution in [0, 0.1) is 5.41 Å². The Morgan fingerprint density at radius 2 is 1.95 bits per heavy atom. The quantitative estimate of drug-likeness (QED) is 0.845. The van der Waals surface area contributed by atoms with Gasteiger partial charge in [0, 0.05) is 12.0 Å². The minimum absolute atomic E-state index is 0.0221. The van der Waals surface area contributed by atoms with Crippen LogP contribution in [-0.4, -0.2) is 17.4 Å². The lowest BCUT2D eigenvalue weighted by Crippen LogP contribution is -2.25. The molecule has 0 N–H and O–H groups in total. The SMILES string of the molecule is CCOc1ccc(-c2nc3c(s2)C(=O)CC(C)(C)C3)cc1. The van der Waals surface area contributed by atoms with Gasteiger partial charge in [0.05, 0.1) is 17.2 Å². The Balaban J connectivity index is 1.93. The zero-order valence-electron chi connectivity index (χ0n) is 12.6. The summed E-state index contributed by atoms with van der Waals surface area (Å²) in [5, 5.41) is 0.925. The number of benzene rings is 1. The highest BCUT2D eigenvalue weighted by Crippen LogP contribution is 2.39. The average molecular weight is 301 g/mol. The van der Waals surface area contributed by atoms with Gasteiger partial charge in [0.25, 0.3) is 0 Å². The minimum atomic E-state index is 0.0221. The Morgan fingerprint density at radius 3 is 2.62 bits per heavy atom. The Hall–Kier alpha value is -1.68. The fourth-order valence-corrected chi connectivity index (χ4v) is 3.73. The molecule has 0 spiro atoms. The number of nitrogens with zero attached hydrogens (tertiary/aromatic N) is 1. The topological polar surface area (TPSA) is 39.2 Å². The summed E-state index contributed by atoms with van der Waals surface area (Å²) in [6.07, 6.45) is 1.49. The second kappa shape index (κ2) is 5.26. The number of rotatable bonds is 3. The van der Waals surface area contributed by atoms with Crippen molar-refractivity contribution in [3.63, 3.8) is 0 Å². The molecule has 1 aliphatic carbocycles. The Kier molecular flexibility index (Phi) is 3.57. The highest BCUT2D eigenvalue weighted by atomic mass is 32.1. The van der Waals surface area contributed by atoms with Crippen molar-refractivity contribution in [2.45, 2.75) is 33.6 Å². The molecule has 1 aromatic heterocycles. The van der Waals surface area contributed by atoms with E-state index in [9.17, 15) is 4.79 Å². The molecule has 0 aliphatic heterocycles. The van der Waals surface area contributed by atoms with Crippen LogP contribution in [0.1, 0.15) is 42.6 Å². The molecule has 0 bridgehead atoms. The lowest BCUT2D eigenvalue weighted by atomic mass is 9.78. The van der Waals surface area contributed by atoms with Gasteiger partial charge >= 0.3 is 0 Å². The predicted molar refractivity (Wildman–Crippen MR) is 85.2 cm³/mol. The first-order valence-electron chi connectivity index (χ1n) is 7.25. The summed E-state index contributed by atoms with van der Waals surface area (Å²) in [7, 11) is 0. The molecule has 0 unspecified atom stereocenters. The van der Waals surface area contributed by atoms with Crippen molar-refractivity contribution in [2.24, 2.45) is 5.41 Å². The lowest BCUT2D eigenvalue weighted by molar-refractivity contribution is 0.0916. The summed E-state index contributed by atoms with van der Waals surface area (Å²) in [6.45, 7) is 6.89. The van der Waals surface area contributed by atoms with E-state index in [1.165, 1.54) is 11.3 Å². The zero-order chi connectivity index (χ0) is 15.0. The minimum Gasteiger partial charge on any atom is -0.494 e. The number of thiazole rings is 1. The Morgan fingerprint density at radius 1 is 1.24 bits per heavy atom. The lowest BCUT2D eigenvalue weighted by Gasteiger charge is -2.26. The normalized spacial score (nSPS) is 16.6. The van der Waals surface area contributed by atoms with Crippen molar-refractivity contribution in [1.29, 1.82) is 0 Å². The van der Waals surface area contributed by atoms with E-state index in [1.807, 2.05) is 31.2 Å². The van der Waals surface area contributed by atoms with Crippen LogP contribution in [0.2, 0.25) is 0 Å². The molecule has 1 heterocycles. The second-order valence-corrected chi connectivity index (χ2v) is 7.19. The smallest absolute Gasteiger partial charge is 0.175 e. The molecule has 0 saturated carbocycles. The van der Waals surface area contributed by atoms with Gasteiger partial charge in [-0.05, 0) is 43.0 Å². The molecule has 4 heteroatoms. The van der Waals surface area contributed by atoms with Crippen LogP contribution in [0.5, 0.6) is 5.75 Å². The van der Waals surface area contributed by atoms with Crippen LogP contribution in [-0.2, 0) is 6.42 Å². The van der Waals surface area contributed by atoms with Gasteiger partial charge in [0.1, 0.15) is 10.8 Å². The van der Waals surface area contributed by atoms with Gasteiger partial charge in [-0.25, -0.2) is 4.98 Å². The second-order valence-electron chi connectivity index (χ2n) is 6.19. The first-order valence-corrected chi connectivity index (χ1v) is 8.06. The maximum absolute atomic E-state index is 12.2. The zero-order valence-corrected chi connectivity index (χ0v) is 13.4. The maximum Gasteiger partial charge on any atom is 0.175 e. The van der Waals surface area contributed by atoms with Crippen LogP contribution in [0.15, 0.2) is 24.3 Å². The molecular formula is C17H19NO2S. The standard InChI is InChI=1S/C17H19NO2S/c1-4-20-12-7-5-11(6-8-12)16-18-13-9-17(2,3)10-14(19)15(13)21-16/h5-8H,4,9-10H2,1-3H3. The highest BCUT2D eigenvalue weighted by molar-refractivity contribution is 7.17. The molecule has 1 aromatic carbocycles. The molecule has 1 aliphatic rings. The summed E-state index contributed by atoms with van der Waals surface area (Å²) in [6, 6.07) is 7.91. The number of Topliss-reactive ketones (excluding diaryl/α,β-unsaturated/α-hetero) is 1. The molecule has 0 amide bonds. The predicted octanol–water partition coefficient (Wildman–Crippen LogP) is 4.36. The van der Waals surface area contributed by atoms with Crippen molar-refractivity contribution >= 4 is 17.1 Å². The third-order valence-corrected chi connectivity index (χ3v) is 4.84. The number of carbonyl (C=O) groups is 1. The van der Waals surface area contributed by atoms with Gasteiger partial charge in [-0.15, -0.1) is 11.3 Å². The molecule has 3 rings (SSSR count). The van der Waals surface area contributed by atoms with Crippen LogP contribution >= 0.6 is 11.3 Å². The highest BCUT2D eigenvalue weighted by Gasteiger charge is 2.33. The van der Waals surface area contributed by atoms with E-state index < -0.39 is 0 Å². The average Bonchev–Trinajstić information content (AvgIpc) is 2.82. The monoisotopic (exact) mass is 301 g/mol. The summed E-state index contributed by atoms with van der Waals surface area (Å²) in [5.74, 6) is 1.09. The summed E-state index contributed by atoms with van der Waals surface area (Å²) in [5.41, 5.74) is 2.03. The molecule has 0 fully saturated rings. The number of ether oxygens (including phenoxy) is 1. The van der Waals surface area contributed by atoms with Gasteiger partial charge in [-0.1, -0.05) is 13.8 Å². The maximum atomic E-state index is 12.2. The molecule has 0 saturated heterocycles. The number of fused-ring (bicyclic) bond motifs is 1. The molecule has 110 valence electrons. The van der Waals surface area contributed by atoms with Gasteiger partial charge in [0.15, 0.2) is 5.78 Å². The van der Waals surface area contributed by atoms with Crippen molar-refractivity contribution in [2.75, 3.05) is 6.61 Å². The number of ketones is 1. The van der Waals surface area contributed by atoms with Gasteiger partial charge in [-0.3, -0.25) is 4.79 Å². The van der Waals surface area contributed by atoms with E-state index >= 15 is 0 Å². The number of carbonyl (C=O) groups excluding carboxylic acids is 1. The van der Waals surface area contributed by atoms with Crippen molar-refractivity contribution in [3.8, 4) is 16.3 Å². The van der Waals surface area contributed by atoms with Crippen LogP contribution in [0.4, 0.5) is 0 Å². The number of hydrogen-bond acceptors (Lipinski definition) is 4. The largest absolute Gasteiger partial charge is 0.494 e. The summed E-state index contributed by atoms with van der Waals surface area (Å²) in [4.78, 5) is 17.8. The fraction of sp³-hybridized carbons (Fsp3) is 0.412. The molecule has 3 nitrogen and oxygen atoms in total. The molecule has 0 radical (unpaired) electrons. The van der Waals surface area contributed by atoms with Crippen molar-refractivity contribution in [1.82, 2.24) is 4.98 Å². The molecular weight excluding hydrogens is 282 g/mol. The third-order valence-electron chi connectivity index (χ3n) is 3.65. The van der Waals surface area contributed by atoms with Crippen molar-refractivity contribution < 1.29 is 9.53 Å². The summed E-state index contributed by atoms with van der Waals surface area (Å²) >= 11 is 1.52. The van der Waals surface area contributed by atoms with E-state index in [0.717, 1.165) is 33.3 Å². The van der Waals surface area contributed by atoms with Crippen LogP contribution < -0.4 is 4.74 Å². The molecule has 21 heavy (non-hydrogen) atoms. The Bertz CT molecular complexity index is 671. The Labute approximate surface area is 129 Å². The fourth-order valence-electron chi connectivity index (χ4n) is 2.70. The van der Waals surface area contributed by atoms with E-state index in [4.69, 9.17) is 9.72 Å². The van der Waals surface area contributed by atoms with E-state index in [0.29, 0.717) is 13.0 Å². The van der Waals surface area contributed by atoms with Crippen LogP contribution in [0.3, 0.4) is 0 Å². The molecule has 0 atom stereocenters. The van der Waals surface area contributed by atoms with Gasteiger partial charge in [-0.2, -0.15) is 0 Å². The van der Waals surface area contributed by atoms with E-state index in [-0.39, 0.29) is 11.2 Å². The number of aromatic nitrogens is 1. The molecule has 2 aromatic rings. The van der Waals surface area contributed by atoms with Crippen molar-refractivity contribution in [3.05, 3.63) is 34.8 Å². The van der Waals surface area contributed by atoms with Gasteiger partial charge < -0.3 is 4.74 Å². The third kappa shape index (κ3) is 2.86. The summed E-state index contributed by atoms with van der Waals surface area (Å²) < 4.78 is 5.45.